The van der Waals surface area contributed by atoms with Gasteiger partial charge in [-0.1, -0.05) is 48.7 Å². The van der Waals surface area contributed by atoms with Crippen LogP contribution in [0.1, 0.15) is 42.4 Å². The van der Waals surface area contributed by atoms with Crippen molar-refractivity contribution in [3.8, 4) is 11.5 Å². The summed E-state index contributed by atoms with van der Waals surface area (Å²) in [6, 6.07) is 14.5. The fourth-order valence-corrected chi connectivity index (χ4v) is 3.97. The van der Waals surface area contributed by atoms with Crippen LogP contribution in [0.5, 0.6) is 11.5 Å². The Morgan fingerprint density at radius 1 is 0.967 bits per heavy atom. The quantitative estimate of drug-likeness (QED) is 0.620. The van der Waals surface area contributed by atoms with E-state index in [4.69, 9.17) is 9.47 Å². The first-order valence-electron chi connectivity index (χ1n) is 11.1. The van der Waals surface area contributed by atoms with E-state index in [0.29, 0.717) is 18.0 Å². The zero-order valence-corrected chi connectivity index (χ0v) is 18.4. The van der Waals surface area contributed by atoms with Gasteiger partial charge in [-0.25, -0.2) is 0 Å². The number of ether oxygens (including phenoxy) is 2. The highest BCUT2D eigenvalue weighted by Gasteiger charge is 2.15. The molecule has 0 spiro atoms. The molecule has 1 atom stereocenters. The fraction of sp³-hybridized carbons (Fsp3) is 0.520. The van der Waals surface area contributed by atoms with Crippen LogP contribution in [0.25, 0.3) is 0 Å². The molecule has 164 valence electrons. The summed E-state index contributed by atoms with van der Waals surface area (Å²) in [5.41, 5.74) is 3.69. The molecule has 1 aliphatic heterocycles. The summed E-state index contributed by atoms with van der Waals surface area (Å²) >= 11 is 0. The van der Waals surface area contributed by atoms with Gasteiger partial charge in [0.2, 0.25) is 0 Å². The summed E-state index contributed by atoms with van der Waals surface area (Å²) in [5.74, 6) is 1.38. The first-order valence-corrected chi connectivity index (χ1v) is 11.1. The number of aliphatic hydroxyl groups excluding tert-OH is 1. The maximum atomic E-state index is 10.4. The summed E-state index contributed by atoms with van der Waals surface area (Å²) in [5, 5.41) is 13.9. The van der Waals surface area contributed by atoms with Crippen molar-refractivity contribution in [2.75, 3.05) is 33.4 Å². The minimum Gasteiger partial charge on any atom is -0.493 e. The third-order valence-electron chi connectivity index (χ3n) is 5.57. The Kier molecular flexibility index (Phi) is 9.00. The Morgan fingerprint density at radius 2 is 1.70 bits per heavy atom. The molecule has 5 nitrogen and oxygen atoms in total. The summed E-state index contributed by atoms with van der Waals surface area (Å²) in [7, 11) is 1.65. The fourth-order valence-electron chi connectivity index (χ4n) is 3.97. The first kappa shape index (κ1) is 22.6. The van der Waals surface area contributed by atoms with Crippen molar-refractivity contribution in [3.05, 3.63) is 59.2 Å². The van der Waals surface area contributed by atoms with Crippen molar-refractivity contribution in [1.29, 1.82) is 0 Å². The molecule has 1 fully saturated rings. The van der Waals surface area contributed by atoms with E-state index < -0.39 is 6.10 Å². The van der Waals surface area contributed by atoms with Crippen LogP contribution in [0.4, 0.5) is 0 Å². The minimum atomic E-state index is -0.497. The molecule has 3 rings (SSSR count). The highest BCUT2D eigenvalue weighted by molar-refractivity contribution is 5.43. The summed E-state index contributed by atoms with van der Waals surface area (Å²) in [4.78, 5) is 2.35. The van der Waals surface area contributed by atoms with E-state index in [2.05, 4.69) is 41.4 Å². The Balaban J connectivity index is 1.47. The predicted molar refractivity (Wildman–Crippen MR) is 121 cm³/mol. The average molecular weight is 413 g/mol. The monoisotopic (exact) mass is 412 g/mol. The molecule has 0 amide bonds. The number of rotatable bonds is 10. The van der Waals surface area contributed by atoms with E-state index in [1.54, 1.807) is 7.11 Å². The Hall–Kier alpha value is -2.08. The Morgan fingerprint density at radius 3 is 2.40 bits per heavy atom. The van der Waals surface area contributed by atoms with Crippen molar-refractivity contribution < 1.29 is 14.6 Å². The highest BCUT2D eigenvalue weighted by Crippen LogP contribution is 2.28. The van der Waals surface area contributed by atoms with Gasteiger partial charge in [-0.3, -0.25) is 0 Å². The van der Waals surface area contributed by atoms with Crippen LogP contribution in [0.3, 0.4) is 0 Å². The molecule has 1 saturated heterocycles. The topological polar surface area (TPSA) is 54.0 Å². The predicted octanol–water partition coefficient (Wildman–Crippen LogP) is 3.91. The summed E-state index contributed by atoms with van der Waals surface area (Å²) < 4.78 is 11.4. The molecule has 0 aliphatic carbocycles. The van der Waals surface area contributed by atoms with Crippen LogP contribution in [0.2, 0.25) is 0 Å². The van der Waals surface area contributed by atoms with Gasteiger partial charge in [-0.15, -0.1) is 0 Å². The third kappa shape index (κ3) is 7.31. The van der Waals surface area contributed by atoms with Crippen LogP contribution in [-0.4, -0.2) is 49.5 Å². The van der Waals surface area contributed by atoms with Gasteiger partial charge in [0.25, 0.3) is 0 Å². The average Bonchev–Trinajstić information content (AvgIpc) is 3.01. The van der Waals surface area contributed by atoms with Crippen LogP contribution in [0, 0.1) is 6.92 Å². The van der Waals surface area contributed by atoms with Crippen molar-refractivity contribution in [3.63, 3.8) is 0 Å². The smallest absolute Gasteiger partial charge is 0.161 e. The van der Waals surface area contributed by atoms with E-state index in [1.165, 1.54) is 36.8 Å². The molecule has 2 aromatic rings. The molecular weight excluding hydrogens is 376 g/mol. The van der Waals surface area contributed by atoms with Crippen LogP contribution >= 0.6 is 0 Å². The number of likely N-dealkylation sites (tertiary alicyclic amines) is 1. The molecule has 2 aromatic carbocycles. The molecule has 0 radical (unpaired) electrons. The van der Waals surface area contributed by atoms with Gasteiger partial charge in [0.1, 0.15) is 12.7 Å². The zero-order valence-electron chi connectivity index (χ0n) is 18.4. The molecule has 30 heavy (non-hydrogen) atoms. The molecule has 2 N–H and O–H groups in total. The Bertz CT molecular complexity index is 773. The normalized spacial score (nSPS) is 16.1. The molecule has 0 saturated carbocycles. The van der Waals surface area contributed by atoms with E-state index in [0.717, 1.165) is 31.7 Å². The van der Waals surface area contributed by atoms with Gasteiger partial charge in [0.15, 0.2) is 11.5 Å². The van der Waals surface area contributed by atoms with Crippen LogP contribution in [0.15, 0.2) is 42.5 Å². The highest BCUT2D eigenvalue weighted by atomic mass is 16.5. The van der Waals surface area contributed by atoms with Crippen LogP contribution < -0.4 is 14.8 Å². The van der Waals surface area contributed by atoms with E-state index in [1.807, 2.05) is 18.2 Å². The lowest BCUT2D eigenvalue weighted by molar-refractivity contribution is 0.0683. The van der Waals surface area contributed by atoms with Gasteiger partial charge in [-0.05, 0) is 56.1 Å². The lowest BCUT2D eigenvalue weighted by atomic mass is 10.1. The number of hydrogen-bond donors (Lipinski definition) is 2. The lowest BCUT2D eigenvalue weighted by Crippen LogP contribution is -2.36. The summed E-state index contributed by atoms with van der Waals surface area (Å²) in [6.45, 7) is 6.78. The number of aliphatic hydroxyl groups is 1. The molecule has 5 heteroatoms. The zero-order chi connectivity index (χ0) is 21.2. The van der Waals surface area contributed by atoms with Crippen molar-refractivity contribution >= 4 is 0 Å². The van der Waals surface area contributed by atoms with Gasteiger partial charge in [-0.2, -0.15) is 0 Å². The first-order chi connectivity index (χ1) is 14.6. The molecule has 0 bridgehead atoms. The number of benzene rings is 2. The van der Waals surface area contributed by atoms with Crippen molar-refractivity contribution in [2.24, 2.45) is 0 Å². The second-order valence-corrected chi connectivity index (χ2v) is 8.26. The lowest BCUT2D eigenvalue weighted by Gasteiger charge is -2.23. The van der Waals surface area contributed by atoms with Gasteiger partial charge in [0.05, 0.1) is 7.11 Å². The minimum absolute atomic E-state index is 0.276. The Labute approximate surface area is 181 Å². The van der Waals surface area contributed by atoms with E-state index >= 15 is 0 Å². The maximum absolute atomic E-state index is 10.4. The van der Waals surface area contributed by atoms with E-state index in [-0.39, 0.29) is 6.61 Å². The van der Waals surface area contributed by atoms with E-state index in [9.17, 15) is 5.11 Å². The van der Waals surface area contributed by atoms with Crippen molar-refractivity contribution in [2.45, 2.75) is 51.8 Å². The standard InChI is InChI=1S/C25H36N2O3/c1-20-8-7-9-21(14-20)16-26-17-22-10-11-24(25(15-22)29-2)30-19-23(28)18-27-12-5-3-4-6-13-27/h7-11,14-15,23,26,28H,3-6,12-13,16-19H2,1-2H3/t23-/m1/s1. The second-order valence-electron chi connectivity index (χ2n) is 8.26. The second kappa shape index (κ2) is 11.9. The van der Waals surface area contributed by atoms with Crippen molar-refractivity contribution in [1.82, 2.24) is 10.2 Å². The molecule has 1 heterocycles. The molecule has 0 unspecified atom stereocenters. The molecular formula is C25H36N2O3. The number of nitrogens with one attached hydrogen (secondary N) is 1. The van der Waals surface area contributed by atoms with Gasteiger partial charge < -0.3 is 24.8 Å². The largest absolute Gasteiger partial charge is 0.493 e. The molecule has 1 aliphatic rings. The number of β-amino-alcohol motifs (C(OH)–C–C–N with tert-alkyl or cyclic N) is 1. The van der Waals surface area contributed by atoms with Crippen LogP contribution in [-0.2, 0) is 13.1 Å². The number of aryl methyl sites for hydroxylation is 1. The number of methoxy groups -OCH3 is 1. The van der Waals surface area contributed by atoms with Gasteiger partial charge >= 0.3 is 0 Å². The SMILES string of the molecule is COc1cc(CNCc2cccc(C)c2)ccc1OC[C@H](O)CN1CCCCCC1. The number of nitrogens with zero attached hydrogens (tertiary/aromatic N) is 1. The van der Waals surface area contributed by atoms with Gasteiger partial charge in [0, 0.05) is 19.6 Å². The number of hydrogen-bond acceptors (Lipinski definition) is 5. The maximum Gasteiger partial charge on any atom is 0.161 e. The molecule has 0 aromatic heterocycles. The summed E-state index contributed by atoms with van der Waals surface area (Å²) in [6.07, 6.45) is 4.55. The third-order valence-corrected chi connectivity index (χ3v) is 5.57.